The van der Waals surface area contributed by atoms with Crippen molar-refractivity contribution in [2.75, 3.05) is 14.1 Å². The Kier molecular flexibility index (Phi) is 3.30. The third-order valence-corrected chi connectivity index (χ3v) is 1.39. The summed E-state index contributed by atoms with van der Waals surface area (Å²) < 4.78 is 0. The molecule has 2 heteroatoms. The molecule has 0 aromatic carbocycles. The quantitative estimate of drug-likeness (QED) is 0.446. The van der Waals surface area contributed by atoms with E-state index in [2.05, 4.69) is 0 Å². The van der Waals surface area contributed by atoms with Crippen LogP contribution in [0, 0.1) is 5.41 Å². The molecule has 0 N–H and O–H groups in total. The number of allylic oxidation sites excluding steroid dienone is 1. The Labute approximate surface area is 68.9 Å². The molecule has 0 amide bonds. The van der Waals surface area contributed by atoms with Crippen molar-refractivity contribution in [3.63, 3.8) is 0 Å². The predicted octanol–water partition coefficient (Wildman–Crippen LogP) is 1.68. The number of aldehydes is 1. The van der Waals surface area contributed by atoms with Crippen LogP contribution in [0.15, 0.2) is 11.8 Å². The zero-order valence-electron chi connectivity index (χ0n) is 8.01. The number of carbonyl (C=O) groups is 1. The fourth-order valence-electron chi connectivity index (χ4n) is 0.679. The lowest BCUT2D eigenvalue weighted by Crippen LogP contribution is -2.14. The number of rotatable bonds is 2. The predicted molar refractivity (Wildman–Crippen MR) is 47.3 cm³/mol. The molecule has 0 rings (SSSR count). The molecule has 0 aliphatic rings. The van der Waals surface area contributed by atoms with E-state index in [-0.39, 0.29) is 5.41 Å². The first kappa shape index (κ1) is 10.2. The molecule has 0 bridgehead atoms. The Morgan fingerprint density at radius 1 is 1.27 bits per heavy atom. The van der Waals surface area contributed by atoms with E-state index in [9.17, 15) is 4.79 Å². The highest BCUT2D eigenvalue weighted by atomic mass is 16.1. The maximum Gasteiger partial charge on any atom is 0.148 e. The van der Waals surface area contributed by atoms with E-state index < -0.39 is 0 Å². The summed E-state index contributed by atoms with van der Waals surface area (Å²) in [7, 11) is 3.82. The third-order valence-electron chi connectivity index (χ3n) is 1.39. The summed E-state index contributed by atoms with van der Waals surface area (Å²) in [5.74, 6) is 0. The van der Waals surface area contributed by atoms with Gasteiger partial charge in [-0.2, -0.15) is 0 Å². The van der Waals surface area contributed by atoms with Gasteiger partial charge >= 0.3 is 0 Å². The smallest absolute Gasteiger partial charge is 0.148 e. The minimum absolute atomic E-state index is 0.0496. The molecule has 0 aromatic heterocycles. The fourth-order valence-corrected chi connectivity index (χ4v) is 0.679. The average molecular weight is 155 g/mol. The highest BCUT2D eigenvalue weighted by Crippen LogP contribution is 2.22. The van der Waals surface area contributed by atoms with Crippen molar-refractivity contribution in [1.82, 2.24) is 4.90 Å². The van der Waals surface area contributed by atoms with Gasteiger partial charge in [0.25, 0.3) is 0 Å². The zero-order chi connectivity index (χ0) is 9.07. The lowest BCUT2D eigenvalue weighted by Gasteiger charge is -2.19. The van der Waals surface area contributed by atoms with Crippen LogP contribution >= 0.6 is 0 Å². The Hall–Kier alpha value is -0.790. The van der Waals surface area contributed by atoms with Crippen molar-refractivity contribution in [2.45, 2.75) is 20.8 Å². The van der Waals surface area contributed by atoms with Gasteiger partial charge in [0.2, 0.25) is 0 Å². The standard InChI is InChI=1S/C9H17NO/c1-9(2,3)8(7-11)6-10(4)5/h6-7H,1-5H3/b8-6-. The van der Waals surface area contributed by atoms with Gasteiger partial charge in [-0.05, 0) is 5.41 Å². The third kappa shape index (κ3) is 3.81. The first-order valence-electron chi connectivity index (χ1n) is 3.72. The lowest BCUT2D eigenvalue weighted by atomic mass is 9.88. The van der Waals surface area contributed by atoms with Crippen molar-refractivity contribution in [3.05, 3.63) is 11.8 Å². The molecule has 0 aliphatic carbocycles. The maximum atomic E-state index is 10.6. The minimum atomic E-state index is -0.0496. The molecule has 0 aliphatic heterocycles. The maximum absolute atomic E-state index is 10.6. The fraction of sp³-hybridized carbons (Fsp3) is 0.667. The number of carbonyl (C=O) groups excluding carboxylic acids is 1. The number of hydrogen-bond donors (Lipinski definition) is 0. The molecule has 0 saturated heterocycles. The van der Waals surface area contributed by atoms with E-state index in [1.807, 2.05) is 46.0 Å². The molecule has 0 unspecified atom stereocenters. The van der Waals surface area contributed by atoms with Crippen LogP contribution in [0.3, 0.4) is 0 Å². The number of hydrogen-bond acceptors (Lipinski definition) is 2. The summed E-state index contributed by atoms with van der Waals surface area (Å²) in [5, 5.41) is 0. The van der Waals surface area contributed by atoms with E-state index in [1.54, 1.807) is 0 Å². The second kappa shape index (κ2) is 3.56. The van der Waals surface area contributed by atoms with Crippen LogP contribution in [0.1, 0.15) is 20.8 Å². The van der Waals surface area contributed by atoms with E-state index in [0.29, 0.717) is 0 Å². The van der Waals surface area contributed by atoms with Gasteiger partial charge in [0.1, 0.15) is 6.29 Å². The molecule has 0 radical (unpaired) electrons. The molecule has 2 nitrogen and oxygen atoms in total. The largest absolute Gasteiger partial charge is 0.383 e. The summed E-state index contributed by atoms with van der Waals surface area (Å²) in [5.41, 5.74) is 0.772. The van der Waals surface area contributed by atoms with Gasteiger partial charge < -0.3 is 4.90 Å². The Bertz CT molecular complexity index is 163. The SMILES string of the molecule is CN(C)/C=C(/C=O)C(C)(C)C. The van der Waals surface area contributed by atoms with Crippen LogP contribution in [0.4, 0.5) is 0 Å². The van der Waals surface area contributed by atoms with Crippen molar-refractivity contribution in [1.29, 1.82) is 0 Å². The summed E-state index contributed by atoms with van der Waals surface area (Å²) >= 11 is 0. The monoisotopic (exact) mass is 155 g/mol. The molecule has 0 saturated carbocycles. The molecular weight excluding hydrogens is 138 g/mol. The first-order chi connectivity index (χ1) is 4.88. The summed E-state index contributed by atoms with van der Waals surface area (Å²) in [6.45, 7) is 6.07. The van der Waals surface area contributed by atoms with Crippen molar-refractivity contribution < 1.29 is 4.79 Å². The van der Waals surface area contributed by atoms with Gasteiger partial charge in [-0.15, -0.1) is 0 Å². The summed E-state index contributed by atoms with van der Waals surface area (Å²) in [4.78, 5) is 12.5. The van der Waals surface area contributed by atoms with Crippen LogP contribution in [-0.4, -0.2) is 25.3 Å². The molecule has 11 heavy (non-hydrogen) atoms. The Morgan fingerprint density at radius 3 is 1.82 bits per heavy atom. The zero-order valence-corrected chi connectivity index (χ0v) is 8.01. The van der Waals surface area contributed by atoms with Crippen molar-refractivity contribution in [3.8, 4) is 0 Å². The summed E-state index contributed by atoms with van der Waals surface area (Å²) in [6.07, 6.45) is 2.77. The molecule has 0 spiro atoms. The number of nitrogens with zero attached hydrogens (tertiary/aromatic N) is 1. The van der Waals surface area contributed by atoms with Crippen molar-refractivity contribution in [2.24, 2.45) is 5.41 Å². The summed E-state index contributed by atoms with van der Waals surface area (Å²) in [6, 6.07) is 0. The lowest BCUT2D eigenvalue weighted by molar-refractivity contribution is -0.105. The van der Waals surface area contributed by atoms with Crippen LogP contribution in [0.2, 0.25) is 0 Å². The molecule has 0 aromatic rings. The highest BCUT2D eigenvalue weighted by molar-refractivity contribution is 5.74. The van der Waals surface area contributed by atoms with Gasteiger partial charge in [-0.1, -0.05) is 20.8 Å². The molecule has 0 fully saturated rings. The highest BCUT2D eigenvalue weighted by Gasteiger charge is 2.15. The molecule has 64 valence electrons. The van der Waals surface area contributed by atoms with Gasteiger partial charge in [0.15, 0.2) is 0 Å². The van der Waals surface area contributed by atoms with E-state index in [1.165, 1.54) is 0 Å². The van der Waals surface area contributed by atoms with Gasteiger partial charge in [0.05, 0.1) is 0 Å². The average Bonchev–Trinajstić information content (AvgIpc) is 1.79. The Morgan fingerprint density at radius 2 is 1.73 bits per heavy atom. The topological polar surface area (TPSA) is 20.3 Å². The van der Waals surface area contributed by atoms with Crippen LogP contribution < -0.4 is 0 Å². The minimum Gasteiger partial charge on any atom is -0.383 e. The molecular formula is C9H17NO. The molecule has 0 heterocycles. The normalized spacial score (nSPS) is 13.0. The second-order valence-corrected chi connectivity index (χ2v) is 3.92. The van der Waals surface area contributed by atoms with Crippen LogP contribution in [0.5, 0.6) is 0 Å². The first-order valence-corrected chi connectivity index (χ1v) is 3.72. The van der Waals surface area contributed by atoms with Gasteiger partial charge in [-0.3, -0.25) is 4.79 Å². The van der Waals surface area contributed by atoms with E-state index in [0.717, 1.165) is 11.9 Å². The second-order valence-electron chi connectivity index (χ2n) is 3.92. The van der Waals surface area contributed by atoms with Crippen molar-refractivity contribution >= 4 is 6.29 Å². The molecule has 0 atom stereocenters. The van der Waals surface area contributed by atoms with Gasteiger partial charge in [0, 0.05) is 25.9 Å². The van der Waals surface area contributed by atoms with E-state index >= 15 is 0 Å². The van der Waals surface area contributed by atoms with Gasteiger partial charge in [-0.25, -0.2) is 0 Å². The van der Waals surface area contributed by atoms with Crippen LogP contribution in [0.25, 0.3) is 0 Å². The van der Waals surface area contributed by atoms with Crippen LogP contribution in [-0.2, 0) is 4.79 Å². The van der Waals surface area contributed by atoms with E-state index in [4.69, 9.17) is 0 Å². The Balaban J connectivity index is 4.54.